The van der Waals surface area contributed by atoms with E-state index in [0.29, 0.717) is 5.89 Å². The van der Waals surface area contributed by atoms with Crippen LogP contribution >= 0.6 is 0 Å². The second-order valence-electron chi connectivity index (χ2n) is 4.46. The van der Waals surface area contributed by atoms with Crippen LogP contribution in [0.5, 0.6) is 0 Å². The molecule has 1 atom stereocenters. The van der Waals surface area contributed by atoms with Crippen LogP contribution in [-0.2, 0) is 0 Å². The van der Waals surface area contributed by atoms with Crippen LogP contribution in [0.1, 0.15) is 18.4 Å². The van der Waals surface area contributed by atoms with Gasteiger partial charge in [0.25, 0.3) is 0 Å². The van der Waals surface area contributed by atoms with Crippen LogP contribution in [0.2, 0.25) is 0 Å². The largest absolute Gasteiger partial charge is 0.436 e. The van der Waals surface area contributed by atoms with E-state index in [1.54, 1.807) is 0 Å². The lowest BCUT2D eigenvalue weighted by Crippen LogP contribution is -1.88. The van der Waals surface area contributed by atoms with E-state index in [9.17, 15) is 0 Å². The third kappa shape index (κ3) is 2.09. The highest BCUT2D eigenvalue weighted by atomic mass is 16.3. The van der Waals surface area contributed by atoms with Crippen molar-refractivity contribution in [3.8, 4) is 17.5 Å². The number of hydrogen-bond acceptors (Lipinski definition) is 3. The third-order valence-electron chi connectivity index (χ3n) is 3.13. The molecule has 92 valence electrons. The van der Waals surface area contributed by atoms with Crippen molar-refractivity contribution in [2.75, 3.05) is 0 Å². The number of fused-ring (bicyclic) bond motifs is 1. The number of oxazole rings is 1. The van der Waals surface area contributed by atoms with Gasteiger partial charge in [0.05, 0.1) is 12.0 Å². The van der Waals surface area contributed by atoms with Gasteiger partial charge in [-0.1, -0.05) is 24.3 Å². The summed E-state index contributed by atoms with van der Waals surface area (Å²) in [5.74, 6) is 0.471. The maximum absolute atomic E-state index is 8.95. The fourth-order valence-electron chi connectivity index (χ4n) is 1.99. The molecule has 0 spiro atoms. The molecule has 0 N–H and O–H groups in total. The normalized spacial score (nSPS) is 12.2. The Balaban J connectivity index is 2.09. The number of aromatic nitrogens is 1. The molecule has 0 saturated heterocycles. The van der Waals surface area contributed by atoms with Crippen LogP contribution in [0.3, 0.4) is 0 Å². The van der Waals surface area contributed by atoms with Crippen molar-refractivity contribution in [2.45, 2.75) is 12.8 Å². The lowest BCUT2D eigenvalue weighted by Gasteiger charge is -2.00. The molecule has 3 aromatic rings. The summed E-state index contributed by atoms with van der Waals surface area (Å²) in [6.07, 6.45) is 0. The predicted octanol–water partition coefficient (Wildman–Crippen LogP) is 4.12. The molecule has 3 heteroatoms. The van der Waals surface area contributed by atoms with E-state index in [1.807, 2.05) is 55.5 Å². The fourth-order valence-corrected chi connectivity index (χ4v) is 1.99. The maximum Gasteiger partial charge on any atom is 0.227 e. The van der Waals surface area contributed by atoms with Crippen LogP contribution in [0.4, 0.5) is 0 Å². The van der Waals surface area contributed by atoms with Crippen LogP contribution in [-0.4, -0.2) is 4.98 Å². The lowest BCUT2D eigenvalue weighted by atomic mass is 10.0. The van der Waals surface area contributed by atoms with Crippen molar-refractivity contribution in [3.05, 3.63) is 54.1 Å². The van der Waals surface area contributed by atoms with Crippen molar-refractivity contribution in [1.82, 2.24) is 4.98 Å². The maximum atomic E-state index is 8.95. The molecule has 1 heterocycles. The van der Waals surface area contributed by atoms with E-state index in [4.69, 9.17) is 9.68 Å². The monoisotopic (exact) mass is 248 g/mol. The Bertz CT molecular complexity index is 753. The van der Waals surface area contributed by atoms with Crippen LogP contribution < -0.4 is 0 Å². The summed E-state index contributed by atoms with van der Waals surface area (Å²) >= 11 is 0. The lowest BCUT2D eigenvalue weighted by molar-refractivity contribution is 0.620. The van der Waals surface area contributed by atoms with Gasteiger partial charge in [0, 0.05) is 5.56 Å². The van der Waals surface area contributed by atoms with Crippen LogP contribution in [0, 0.1) is 11.3 Å². The molecular formula is C16H12N2O. The first-order chi connectivity index (χ1) is 9.28. The van der Waals surface area contributed by atoms with E-state index in [2.05, 4.69) is 11.1 Å². The smallest absolute Gasteiger partial charge is 0.227 e. The number of benzene rings is 2. The molecule has 19 heavy (non-hydrogen) atoms. The van der Waals surface area contributed by atoms with E-state index in [1.165, 1.54) is 0 Å². The van der Waals surface area contributed by atoms with Gasteiger partial charge >= 0.3 is 0 Å². The molecule has 0 aliphatic heterocycles. The molecule has 0 bridgehead atoms. The van der Waals surface area contributed by atoms with E-state index >= 15 is 0 Å². The first-order valence-corrected chi connectivity index (χ1v) is 6.13. The summed E-state index contributed by atoms with van der Waals surface area (Å²) < 4.78 is 5.73. The highest BCUT2D eigenvalue weighted by Gasteiger charge is 2.10. The number of nitriles is 1. The Morgan fingerprint density at radius 1 is 1.16 bits per heavy atom. The Morgan fingerprint density at radius 2 is 1.95 bits per heavy atom. The zero-order valence-corrected chi connectivity index (χ0v) is 10.5. The quantitative estimate of drug-likeness (QED) is 0.685. The van der Waals surface area contributed by atoms with Crippen molar-refractivity contribution < 1.29 is 4.42 Å². The number of rotatable bonds is 2. The van der Waals surface area contributed by atoms with Crippen molar-refractivity contribution in [3.63, 3.8) is 0 Å². The fraction of sp³-hybridized carbons (Fsp3) is 0.125. The topological polar surface area (TPSA) is 49.8 Å². The standard InChI is InChI=1S/C16H12N2O/c1-11(10-17)13-7-8-15-14(9-13)18-16(19-15)12-5-3-2-4-6-12/h2-9,11H,1H3/t11-/m0/s1. The first kappa shape index (κ1) is 11.5. The second-order valence-corrected chi connectivity index (χ2v) is 4.46. The van der Waals surface area contributed by atoms with Gasteiger partial charge in [0.15, 0.2) is 5.58 Å². The Kier molecular flexibility index (Phi) is 2.77. The average molecular weight is 248 g/mol. The van der Waals surface area contributed by atoms with Crippen molar-refractivity contribution in [2.24, 2.45) is 0 Å². The SMILES string of the molecule is C[C@@H](C#N)c1ccc2oc(-c3ccccc3)nc2c1. The molecule has 0 radical (unpaired) electrons. The van der Waals surface area contributed by atoms with Gasteiger partial charge in [-0.25, -0.2) is 4.98 Å². The van der Waals surface area contributed by atoms with Gasteiger partial charge in [-0.15, -0.1) is 0 Å². The molecule has 0 aliphatic carbocycles. The second kappa shape index (κ2) is 4.58. The van der Waals surface area contributed by atoms with Crippen molar-refractivity contribution >= 4 is 11.1 Å². The number of nitrogens with zero attached hydrogens (tertiary/aromatic N) is 2. The Labute approximate surface area is 111 Å². The van der Waals surface area contributed by atoms with Gasteiger partial charge in [-0.05, 0) is 36.8 Å². The molecule has 1 aromatic heterocycles. The minimum atomic E-state index is -0.138. The predicted molar refractivity (Wildman–Crippen MR) is 73.5 cm³/mol. The summed E-state index contributed by atoms with van der Waals surface area (Å²) in [7, 11) is 0. The highest BCUT2D eigenvalue weighted by Crippen LogP contribution is 2.26. The van der Waals surface area contributed by atoms with Gasteiger partial charge in [-0.2, -0.15) is 5.26 Å². The summed E-state index contributed by atoms with van der Waals surface area (Å²) in [4.78, 5) is 4.48. The summed E-state index contributed by atoms with van der Waals surface area (Å²) in [6.45, 7) is 1.87. The van der Waals surface area contributed by atoms with E-state index < -0.39 is 0 Å². The van der Waals surface area contributed by atoms with E-state index in [-0.39, 0.29) is 5.92 Å². The Hall–Kier alpha value is -2.60. The highest BCUT2D eigenvalue weighted by molar-refractivity contribution is 5.77. The zero-order valence-electron chi connectivity index (χ0n) is 10.5. The molecule has 0 aliphatic rings. The average Bonchev–Trinajstić information content (AvgIpc) is 2.90. The third-order valence-corrected chi connectivity index (χ3v) is 3.13. The summed E-state index contributed by atoms with van der Waals surface area (Å²) in [5.41, 5.74) is 3.45. The van der Waals surface area contributed by atoms with Crippen molar-refractivity contribution in [1.29, 1.82) is 5.26 Å². The molecule has 0 fully saturated rings. The van der Waals surface area contributed by atoms with Gasteiger partial charge in [-0.3, -0.25) is 0 Å². The van der Waals surface area contributed by atoms with Gasteiger partial charge in [0.2, 0.25) is 5.89 Å². The summed E-state index contributed by atoms with van der Waals surface area (Å²) in [6, 6.07) is 17.7. The minimum absolute atomic E-state index is 0.138. The van der Waals surface area contributed by atoms with Crippen LogP contribution in [0.25, 0.3) is 22.6 Å². The molecule has 3 nitrogen and oxygen atoms in total. The molecule has 2 aromatic carbocycles. The van der Waals surface area contributed by atoms with Gasteiger partial charge < -0.3 is 4.42 Å². The first-order valence-electron chi connectivity index (χ1n) is 6.13. The van der Waals surface area contributed by atoms with Gasteiger partial charge in [0.1, 0.15) is 5.52 Å². The molecule has 0 unspecified atom stereocenters. The molecule has 3 rings (SSSR count). The minimum Gasteiger partial charge on any atom is -0.436 e. The number of hydrogen-bond donors (Lipinski definition) is 0. The molecular weight excluding hydrogens is 236 g/mol. The van der Waals surface area contributed by atoms with E-state index in [0.717, 1.165) is 22.2 Å². The van der Waals surface area contributed by atoms with Crippen LogP contribution in [0.15, 0.2) is 52.9 Å². The molecule has 0 amide bonds. The zero-order chi connectivity index (χ0) is 13.2. The molecule has 0 saturated carbocycles. The Morgan fingerprint density at radius 3 is 2.68 bits per heavy atom. The summed E-state index contributed by atoms with van der Waals surface area (Å²) in [5, 5.41) is 8.95.